The Morgan fingerprint density at radius 3 is 2.38 bits per heavy atom. The van der Waals surface area contributed by atoms with E-state index in [4.69, 9.17) is 9.72 Å². The van der Waals surface area contributed by atoms with Crippen LogP contribution in [0.25, 0.3) is 0 Å². The Bertz CT molecular complexity index is 475. The maximum absolute atomic E-state index is 6.25. The summed E-state index contributed by atoms with van der Waals surface area (Å²) in [7, 11) is 0. The van der Waals surface area contributed by atoms with E-state index in [1.165, 1.54) is 38.5 Å². The van der Waals surface area contributed by atoms with Crippen LogP contribution in [0.2, 0.25) is 0 Å². The van der Waals surface area contributed by atoms with Gasteiger partial charge >= 0.3 is 0 Å². The molecule has 4 rings (SSSR count). The highest BCUT2D eigenvalue weighted by Gasteiger charge is 2.28. The first-order valence-electron chi connectivity index (χ1n) is 8.62. The van der Waals surface area contributed by atoms with Crippen molar-refractivity contribution in [3.8, 4) is 0 Å². The first-order valence-corrected chi connectivity index (χ1v) is 8.62. The van der Waals surface area contributed by atoms with Gasteiger partial charge in [-0.05, 0) is 44.6 Å². The van der Waals surface area contributed by atoms with Crippen LogP contribution >= 0.6 is 0 Å². The molecule has 0 aromatic carbocycles. The van der Waals surface area contributed by atoms with Gasteiger partial charge in [0.25, 0.3) is 0 Å². The van der Waals surface area contributed by atoms with Crippen molar-refractivity contribution in [1.29, 1.82) is 0 Å². The summed E-state index contributed by atoms with van der Waals surface area (Å²) in [6.45, 7) is 2.14. The van der Waals surface area contributed by atoms with Crippen molar-refractivity contribution in [2.75, 3.05) is 18.0 Å². The lowest BCUT2D eigenvalue weighted by Crippen LogP contribution is -2.38. The Labute approximate surface area is 126 Å². The van der Waals surface area contributed by atoms with Crippen LogP contribution in [0, 0.1) is 0 Å². The molecule has 21 heavy (non-hydrogen) atoms. The Morgan fingerprint density at radius 1 is 0.952 bits per heavy atom. The van der Waals surface area contributed by atoms with Crippen molar-refractivity contribution in [2.24, 2.45) is 0 Å². The fraction of sp³-hybridized carbons (Fsp3) is 0.765. The van der Waals surface area contributed by atoms with Gasteiger partial charge in [0.1, 0.15) is 11.6 Å². The molecule has 2 saturated carbocycles. The summed E-state index contributed by atoms with van der Waals surface area (Å²) in [6, 6.07) is 2.06. The molecule has 0 atom stereocenters. The molecule has 0 spiro atoms. The first kappa shape index (κ1) is 13.5. The second-order valence-electron chi connectivity index (χ2n) is 6.78. The Morgan fingerprint density at radius 2 is 1.67 bits per heavy atom. The molecule has 1 aromatic heterocycles. The van der Waals surface area contributed by atoms with Crippen LogP contribution in [0.5, 0.6) is 0 Å². The average Bonchev–Trinajstić information content (AvgIpc) is 3.27. The number of aromatic nitrogens is 2. The van der Waals surface area contributed by atoms with Crippen LogP contribution in [0.3, 0.4) is 0 Å². The SMILES string of the molecule is c1cc(N2CCC(OC3CCCC3)CC2)nc(C2CC2)n1. The fourth-order valence-electron chi connectivity index (χ4n) is 3.60. The van der Waals surface area contributed by atoms with Crippen LogP contribution in [-0.4, -0.2) is 35.3 Å². The molecule has 0 unspecified atom stereocenters. The molecule has 0 bridgehead atoms. The van der Waals surface area contributed by atoms with Gasteiger partial charge in [-0.15, -0.1) is 0 Å². The van der Waals surface area contributed by atoms with Gasteiger partial charge in [-0.3, -0.25) is 0 Å². The number of anilines is 1. The molecule has 2 aliphatic carbocycles. The largest absolute Gasteiger partial charge is 0.375 e. The van der Waals surface area contributed by atoms with E-state index in [0.29, 0.717) is 18.1 Å². The molecule has 0 radical (unpaired) electrons. The minimum absolute atomic E-state index is 0.467. The lowest BCUT2D eigenvalue weighted by Gasteiger charge is -2.34. The van der Waals surface area contributed by atoms with E-state index in [9.17, 15) is 0 Å². The molecular weight excluding hydrogens is 262 g/mol. The molecule has 114 valence electrons. The Hall–Kier alpha value is -1.16. The lowest BCUT2D eigenvalue weighted by molar-refractivity contribution is -0.0195. The van der Waals surface area contributed by atoms with Crippen LogP contribution in [0.1, 0.15) is 63.1 Å². The smallest absolute Gasteiger partial charge is 0.133 e. The predicted octanol–water partition coefficient (Wildman–Crippen LogP) is 3.28. The van der Waals surface area contributed by atoms with Crippen molar-refractivity contribution in [1.82, 2.24) is 9.97 Å². The summed E-state index contributed by atoms with van der Waals surface area (Å²) in [6.07, 6.45) is 13.0. The monoisotopic (exact) mass is 287 g/mol. The number of nitrogens with zero attached hydrogens (tertiary/aromatic N) is 3. The minimum Gasteiger partial charge on any atom is -0.375 e. The van der Waals surface area contributed by atoms with Crippen molar-refractivity contribution >= 4 is 5.82 Å². The lowest BCUT2D eigenvalue weighted by atomic mass is 10.1. The third-order valence-corrected chi connectivity index (χ3v) is 5.06. The highest BCUT2D eigenvalue weighted by atomic mass is 16.5. The van der Waals surface area contributed by atoms with Gasteiger partial charge in [0, 0.05) is 25.2 Å². The van der Waals surface area contributed by atoms with E-state index in [-0.39, 0.29) is 0 Å². The fourth-order valence-corrected chi connectivity index (χ4v) is 3.60. The summed E-state index contributed by atoms with van der Waals surface area (Å²) >= 11 is 0. The molecule has 4 heteroatoms. The number of piperidine rings is 1. The van der Waals surface area contributed by atoms with E-state index in [2.05, 4.69) is 16.0 Å². The van der Waals surface area contributed by atoms with E-state index >= 15 is 0 Å². The normalized spacial score (nSPS) is 24.7. The van der Waals surface area contributed by atoms with Gasteiger partial charge < -0.3 is 9.64 Å². The molecule has 3 fully saturated rings. The summed E-state index contributed by atoms with van der Waals surface area (Å²) in [4.78, 5) is 11.6. The second kappa shape index (κ2) is 5.91. The van der Waals surface area contributed by atoms with Crippen molar-refractivity contribution in [3.05, 3.63) is 18.1 Å². The van der Waals surface area contributed by atoms with Gasteiger partial charge in [-0.25, -0.2) is 9.97 Å². The zero-order valence-corrected chi connectivity index (χ0v) is 12.7. The van der Waals surface area contributed by atoms with E-state index < -0.39 is 0 Å². The quantitative estimate of drug-likeness (QED) is 0.852. The number of hydrogen-bond acceptors (Lipinski definition) is 4. The van der Waals surface area contributed by atoms with Gasteiger partial charge in [0.05, 0.1) is 12.2 Å². The van der Waals surface area contributed by atoms with Crippen LogP contribution in [0.15, 0.2) is 12.3 Å². The average molecular weight is 287 g/mol. The van der Waals surface area contributed by atoms with Gasteiger partial charge in [0.15, 0.2) is 0 Å². The zero-order chi connectivity index (χ0) is 14.1. The summed E-state index contributed by atoms with van der Waals surface area (Å²) in [5, 5.41) is 0. The second-order valence-corrected chi connectivity index (χ2v) is 6.78. The topological polar surface area (TPSA) is 38.2 Å². The molecule has 0 N–H and O–H groups in total. The molecule has 3 aliphatic rings. The summed E-state index contributed by atoms with van der Waals surface area (Å²) in [5.41, 5.74) is 0. The van der Waals surface area contributed by atoms with Crippen molar-refractivity contribution < 1.29 is 4.74 Å². The molecule has 0 amide bonds. The molecule has 1 saturated heterocycles. The van der Waals surface area contributed by atoms with Crippen LogP contribution in [0.4, 0.5) is 5.82 Å². The van der Waals surface area contributed by atoms with Crippen molar-refractivity contribution in [3.63, 3.8) is 0 Å². The maximum Gasteiger partial charge on any atom is 0.133 e. The molecule has 2 heterocycles. The third-order valence-electron chi connectivity index (χ3n) is 5.06. The number of hydrogen-bond donors (Lipinski definition) is 0. The molecule has 1 aliphatic heterocycles. The van der Waals surface area contributed by atoms with Crippen molar-refractivity contribution in [2.45, 2.75) is 69.5 Å². The zero-order valence-electron chi connectivity index (χ0n) is 12.7. The Balaban J connectivity index is 1.32. The summed E-state index contributed by atoms with van der Waals surface area (Å²) < 4.78 is 6.25. The highest BCUT2D eigenvalue weighted by molar-refractivity contribution is 5.38. The van der Waals surface area contributed by atoms with Gasteiger partial charge in [-0.2, -0.15) is 0 Å². The Kier molecular flexibility index (Phi) is 3.80. The maximum atomic E-state index is 6.25. The van der Waals surface area contributed by atoms with Gasteiger partial charge in [0.2, 0.25) is 0 Å². The van der Waals surface area contributed by atoms with E-state index in [0.717, 1.165) is 37.6 Å². The highest BCUT2D eigenvalue weighted by Crippen LogP contribution is 2.38. The van der Waals surface area contributed by atoms with Crippen LogP contribution in [-0.2, 0) is 4.74 Å². The van der Waals surface area contributed by atoms with E-state index in [1.807, 2.05) is 6.20 Å². The molecule has 4 nitrogen and oxygen atoms in total. The number of ether oxygens (including phenoxy) is 1. The van der Waals surface area contributed by atoms with Crippen LogP contribution < -0.4 is 4.90 Å². The van der Waals surface area contributed by atoms with Gasteiger partial charge in [-0.1, -0.05) is 12.8 Å². The third kappa shape index (κ3) is 3.20. The number of rotatable bonds is 4. The molecule has 1 aromatic rings. The molecular formula is C17H25N3O. The summed E-state index contributed by atoms with van der Waals surface area (Å²) in [5.74, 6) is 2.80. The van der Waals surface area contributed by atoms with E-state index in [1.54, 1.807) is 0 Å². The first-order chi connectivity index (χ1) is 10.4. The predicted molar refractivity (Wildman–Crippen MR) is 82.6 cm³/mol. The minimum atomic E-state index is 0.467. The standard InChI is InChI=1S/C17H25N3O/c1-2-4-14(3-1)21-15-8-11-20(12-9-15)16-7-10-18-17(19-16)13-5-6-13/h7,10,13-15H,1-6,8-9,11-12H2.